The zero-order chi connectivity index (χ0) is 17.2. The molecule has 0 aromatic carbocycles. The Morgan fingerprint density at radius 3 is 2.76 bits per heavy atom. The molecular weight excluding hydrogens is 431 g/mol. The molecule has 0 radical (unpaired) electrons. The van der Waals surface area contributed by atoms with E-state index in [1.807, 2.05) is 18.5 Å². The van der Waals surface area contributed by atoms with Crippen LogP contribution in [0.4, 0.5) is 0 Å². The largest absolute Gasteiger partial charge is 0.376 e. The van der Waals surface area contributed by atoms with Crippen LogP contribution in [-0.4, -0.2) is 46.5 Å². The Hall–Kier alpha value is -0.900. The SMILES string of the molecule is CCCCCCNC(=NCc1nnc(C)n1C)NCC1CCCO1.I. The van der Waals surface area contributed by atoms with Crippen LogP contribution in [0.2, 0.25) is 0 Å². The van der Waals surface area contributed by atoms with E-state index in [1.165, 1.54) is 19.3 Å². The number of halogens is 1. The second kappa shape index (κ2) is 12.5. The van der Waals surface area contributed by atoms with E-state index in [0.717, 1.165) is 56.6 Å². The summed E-state index contributed by atoms with van der Waals surface area (Å²) in [5, 5.41) is 15.1. The molecule has 1 atom stereocenters. The quantitative estimate of drug-likeness (QED) is 0.254. The number of aromatic nitrogens is 3. The van der Waals surface area contributed by atoms with E-state index >= 15 is 0 Å². The van der Waals surface area contributed by atoms with Crippen LogP contribution in [0.3, 0.4) is 0 Å². The van der Waals surface area contributed by atoms with Crippen molar-refractivity contribution >= 4 is 29.9 Å². The summed E-state index contributed by atoms with van der Waals surface area (Å²) in [7, 11) is 1.97. The van der Waals surface area contributed by atoms with Gasteiger partial charge in [-0.15, -0.1) is 34.2 Å². The average Bonchev–Trinajstić information content (AvgIpc) is 3.21. The van der Waals surface area contributed by atoms with Gasteiger partial charge >= 0.3 is 0 Å². The van der Waals surface area contributed by atoms with E-state index in [-0.39, 0.29) is 24.0 Å². The Labute approximate surface area is 168 Å². The molecule has 1 unspecified atom stereocenters. The molecule has 1 aromatic heterocycles. The molecule has 2 rings (SSSR count). The number of nitrogens with zero attached hydrogens (tertiary/aromatic N) is 4. The summed E-state index contributed by atoms with van der Waals surface area (Å²) < 4.78 is 7.65. The van der Waals surface area contributed by atoms with E-state index in [2.05, 4.69) is 32.7 Å². The highest BCUT2D eigenvalue weighted by atomic mass is 127. The minimum absolute atomic E-state index is 0. The second-order valence-corrected chi connectivity index (χ2v) is 6.39. The first kappa shape index (κ1) is 22.1. The van der Waals surface area contributed by atoms with Crippen LogP contribution in [0, 0.1) is 6.92 Å². The summed E-state index contributed by atoms with van der Waals surface area (Å²) in [5.74, 6) is 2.61. The lowest BCUT2D eigenvalue weighted by atomic mass is 10.2. The van der Waals surface area contributed by atoms with Crippen LogP contribution in [0.5, 0.6) is 0 Å². The molecule has 2 N–H and O–H groups in total. The maximum atomic E-state index is 5.67. The van der Waals surface area contributed by atoms with E-state index < -0.39 is 0 Å². The average molecular weight is 464 g/mol. The summed E-state index contributed by atoms with van der Waals surface area (Å²) >= 11 is 0. The molecule has 8 heteroatoms. The smallest absolute Gasteiger partial charge is 0.191 e. The van der Waals surface area contributed by atoms with Gasteiger partial charge in [0.15, 0.2) is 11.8 Å². The molecule has 0 bridgehead atoms. The van der Waals surface area contributed by atoms with Gasteiger partial charge in [0.1, 0.15) is 12.4 Å². The van der Waals surface area contributed by atoms with Crippen molar-refractivity contribution < 1.29 is 4.74 Å². The monoisotopic (exact) mass is 464 g/mol. The molecule has 0 amide bonds. The van der Waals surface area contributed by atoms with E-state index in [4.69, 9.17) is 4.74 Å². The topological polar surface area (TPSA) is 76.4 Å². The molecule has 144 valence electrons. The first-order valence-corrected chi connectivity index (χ1v) is 9.19. The number of guanidine groups is 1. The maximum Gasteiger partial charge on any atom is 0.191 e. The van der Waals surface area contributed by atoms with Gasteiger partial charge in [-0.3, -0.25) is 0 Å². The van der Waals surface area contributed by atoms with Crippen molar-refractivity contribution in [1.82, 2.24) is 25.4 Å². The molecule has 0 aliphatic carbocycles. The molecule has 1 aromatic rings. The number of unbranched alkanes of at least 4 members (excludes halogenated alkanes) is 3. The molecule has 0 spiro atoms. The van der Waals surface area contributed by atoms with Crippen molar-refractivity contribution in [2.24, 2.45) is 12.0 Å². The first-order chi connectivity index (χ1) is 11.7. The molecule has 1 aliphatic heterocycles. The summed E-state index contributed by atoms with van der Waals surface area (Å²) in [4.78, 5) is 4.66. The lowest BCUT2D eigenvalue weighted by Gasteiger charge is -2.15. The number of aliphatic imine (C=N–C) groups is 1. The van der Waals surface area contributed by atoms with Gasteiger partial charge in [-0.2, -0.15) is 0 Å². The second-order valence-electron chi connectivity index (χ2n) is 6.39. The fourth-order valence-corrected chi connectivity index (χ4v) is 2.69. The Balaban J connectivity index is 0.00000312. The molecule has 1 fully saturated rings. The zero-order valence-electron chi connectivity index (χ0n) is 15.8. The van der Waals surface area contributed by atoms with E-state index in [9.17, 15) is 0 Å². The highest BCUT2D eigenvalue weighted by Crippen LogP contribution is 2.10. The van der Waals surface area contributed by atoms with Crippen LogP contribution in [0.15, 0.2) is 4.99 Å². The van der Waals surface area contributed by atoms with Crippen molar-refractivity contribution in [3.05, 3.63) is 11.6 Å². The van der Waals surface area contributed by atoms with Gasteiger partial charge in [-0.05, 0) is 26.2 Å². The molecule has 25 heavy (non-hydrogen) atoms. The van der Waals surface area contributed by atoms with Gasteiger partial charge in [0.2, 0.25) is 0 Å². The summed E-state index contributed by atoms with van der Waals surface area (Å²) in [6.45, 7) is 7.32. The summed E-state index contributed by atoms with van der Waals surface area (Å²) in [6.07, 6.45) is 7.54. The van der Waals surface area contributed by atoms with Gasteiger partial charge in [-0.25, -0.2) is 4.99 Å². The number of hydrogen-bond acceptors (Lipinski definition) is 4. The minimum atomic E-state index is 0. The first-order valence-electron chi connectivity index (χ1n) is 9.19. The third-order valence-corrected chi connectivity index (χ3v) is 4.41. The van der Waals surface area contributed by atoms with Gasteiger partial charge in [0.05, 0.1) is 6.10 Å². The van der Waals surface area contributed by atoms with Crippen LogP contribution in [0.25, 0.3) is 0 Å². The summed E-state index contributed by atoms with van der Waals surface area (Å²) in [5.41, 5.74) is 0. The van der Waals surface area contributed by atoms with Crippen molar-refractivity contribution in [3.8, 4) is 0 Å². The van der Waals surface area contributed by atoms with Crippen LogP contribution < -0.4 is 10.6 Å². The number of aryl methyl sites for hydroxylation is 1. The Bertz CT molecular complexity index is 513. The minimum Gasteiger partial charge on any atom is -0.376 e. The Kier molecular flexibility index (Phi) is 11.0. The Morgan fingerprint density at radius 2 is 2.12 bits per heavy atom. The van der Waals surface area contributed by atoms with Gasteiger partial charge in [-0.1, -0.05) is 26.2 Å². The van der Waals surface area contributed by atoms with E-state index in [1.54, 1.807) is 0 Å². The zero-order valence-corrected chi connectivity index (χ0v) is 18.1. The Morgan fingerprint density at radius 1 is 1.28 bits per heavy atom. The lowest BCUT2D eigenvalue weighted by molar-refractivity contribution is 0.114. The molecule has 2 heterocycles. The van der Waals surface area contributed by atoms with Crippen LogP contribution >= 0.6 is 24.0 Å². The maximum absolute atomic E-state index is 5.67. The lowest BCUT2D eigenvalue weighted by Crippen LogP contribution is -2.41. The standard InChI is InChI=1S/C17H32N6O.HI/c1-4-5-6-7-10-18-17(19-12-15-9-8-11-24-15)20-13-16-22-21-14(2)23(16)3;/h15H,4-13H2,1-3H3,(H2,18,19,20);1H. The highest BCUT2D eigenvalue weighted by molar-refractivity contribution is 14.0. The van der Waals surface area contributed by atoms with Crippen molar-refractivity contribution in [1.29, 1.82) is 0 Å². The van der Waals surface area contributed by atoms with Gasteiger partial charge < -0.3 is 19.9 Å². The number of hydrogen-bond donors (Lipinski definition) is 2. The van der Waals surface area contributed by atoms with Crippen molar-refractivity contribution in [3.63, 3.8) is 0 Å². The summed E-state index contributed by atoms with van der Waals surface area (Å²) in [6, 6.07) is 0. The van der Waals surface area contributed by atoms with E-state index in [0.29, 0.717) is 12.6 Å². The predicted octanol–water partition coefficient (Wildman–Crippen LogP) is 2.54. The molecular formula is C17H33IN6O. The van der Waals surface area contributed by atoms with Gasteiger partial charge in [0, 0.05) is 26.7 Å². The van der Waals surface area contributed by atoms with Crippen molar-refractivity contribution in [2.75, 3.05) is 19.7 Å². The fraction of sp³-hybridized carbons (Fsp3) is 0.824. The highest BCUT2D eigenvalue weighted by Gasteiger charge is 2.15. The predicted molar refractivity (Wildman–Crippen MR) is 111 cm³/mol. The third-order valence-electron chi connectivity index (χ3n) is 4.41. The van der Waals surface area contributed by atoms with Crippen LogP contribution in [0.1, 0.15) is 57.1 Å². The third kappa shape index (κ3) is 7.89. The van der Waals surface area contributed by atoms with Crippen LogP contribution in [-0.2, 0) is 18.3 Å². The normalized spacial score (nSPS) is 17.4. The number of rotatable bonds is 9. The molecule has 1 aliphatic rings. The molecule has 7 nitrogen and oxygen atoms in total. The molecule has 1 saturated heterocycles. The van der Waals surface area contributed by atoms with Crippen molar-refractivity contribution in [2.45, 2.75) is 65.0 Å². The number of ether oxygens (including phenoxy) is 1. The fourth-order valence-electron chi connectivity index (χ4n) is 2.69. The molecule has 0 saturated carbocycles. The van der Waals surface area contributed by atoms with Gasteiger partial charge in [0.25, 0.3) is 0 Å². The number of nitrogens with one attached hydrogen (secondary N) is 2.